The molecule has 4 aromatic rings. The second-order valence-electron chi connectivity index (χ2n) is 12.0. The molecule has 0 saturated carbocycles. The van der Waals surface area contributed by atoms with Gasteiger partial charge in [0.25, 0.3) is 0 Å². The molecule has 1 amide bonds. The molecule has 0 radical (unpaired) electrons. The maximum Gasteiger partial charge on any atom is 0.217 e. The highest BCUT2D eigenvalue weighted by Gasteiger charge is 2.37. The van der Waals surface area contributed by atoms with Gasteiger partial charge in [-0.3, -0.25) is 9.78 Å². The lowest BCUT2D eigenvalue weighted by Gasteiger charge is -2.36. The largest absolute Gasteiger partial charge is 0.490 e. The van der Waals surface area contributed by atoms with Crippen LogP contribution in [-0.4, -0.2) is 40.1 Å². The third-order valence-corrected chi connectivity index (χ3v) is 11.8. The summed E-state index contributed by atoms with van der Waals surface area (Å²) in [6.45, 7) is 15.7. The fraction of sp³-hybridized carbons (Fsp3) is 0.419. The Morgan fingerprint density at radius 2 is 1.77 bits per heavy atom. The smallest absolute Gasteiger partial charge is 0.217 e. The number of carbonyl (C=O) groups is 1. The summed E-state index contributed by atoms with van der Waals surface area (Å²) in [5.41, 5.74) is 9.71. The predicted octanol–water partition coefficient (Wildman–Crippen LogP) is 6.60. The monoisotopic (exact) mass is 559 g/mol. The lowest BCUT2D eigenvalue weighted by atomic mass is 10.1. The Bertz CT molecular complexity index is 1490. The summed E-state index contributed by atoms with van der Waals surface area (Å²) in [5.74, 6) is 1.16. The number of hydrogen-bond donors (Lipinski definition) is 1. The second kappa shape index (κ2) is 11.9. The highest BCUT2D eigenvalue weighted by atomic mass is 28.4. The molecule has 0 aliphatic carbocycles. The van der Waals surface area contributed by atoms with Gasteiger partial charge in [-0.05, 0) is 81.2 Å². The van der Waals surface area contributed by atoms with Crippen molar-refractivity contribution in [2.75, 3.05) is 0 Å². The molecule has 3 heterocycles. The molecule has 212 valence electrons. The number of aromatic nitrogens is 4. The molecular weight excluding hydrogens is 518 g/mol. The van der Waals surface area contributed by atoms with E-state index in [2.05, 4.69) is 39.9 Å². The molecule has 0 aliphatic heterocycles. The van der Waals surface area contributed by atoms with Gasteiger partial charge >= 0.3 is 0 Å². The molecule has 0 spiro atoms. The Balaban J connectivity index is 1.71. The number of nitrogens with zero attached hydrogens (tertiary/aromatic N) is 4. The zero-order chi connectivity index (χ0) is 29.1. The van der Waals surface area contributed by atoms with Crippen LogP contribution >= 0.6 is 0 Å². The highest BCUT2D eigenvalue weighted by Crippen LogP contribution is 2.37. The van der Waals surface area contributed by atoms with Gasteiger partial charge in [0, 0.05) is 17.7 Å². The number of ether oxygens (including phenoxy) is 1. The van der Waals surface area contributed by atoms with E-state index in [4.69, 9.17) is 30.0 Å². The lowest BCUT2D eigenvalue weighted by Crippen LogP contribution is -2.40. The standard InChI is InChI=1S/C31H41N5O3Si/c1-21(2)39-28-18-22(26-14-8-11-23(34-26)12-9-15-29(32)37)17-27-25(28)19-33-36(27)30-16-10-13-24(35-30)20-38-40(6,7)31(3,4)5/h8,10-11,13-14,16-19,21H,9,12,15,20H2,1-7H3,(H2,32,37). The molecule has 8 nitrogen and oxygen atoms in total. The number of nitrogens with two attached hydrogens (primary N) is 1. The maximum absolute atomic E-state index is 11.2. The van der Waals surface area contributed by atoms with Crippen molar-refractivity contribution < 1.29 is 14.0 Å². The Labute approximate surface area is 238 Å². The number of primary amides is 1. The van der Waals surface area contributed by atoms with Crippen molar-refractivity contribution >= 4 is 25.1 Å². The molecule has 0 atom stereocenters. The zero-order valence-electron chi connectivity index (χ0n) is 24.7. The molecule has 4 rings (SSSR count). The van der Waals surface area contributed by atoms with Crippen LogP contribution in [0.25, 0.3) is 28.0 Å². The number of rotatable bonds is 11. The Kier molecular flexibility index (Phi) is 8.75. The van der Waals surface area contributed by atoms with Crippen LogP contribution in [0.15, 0.2) is 54.7 Å². The van der Waals surface area contributed by atoms with E-state index in [1.807, 2.05) is 67.2 Å². The molecule has 0 aliphatic rings. The van der Waals surface area contributed by atoms with Crippen molar-refractivity contribution in [3.05, 3.63) is 66.1 Å². The van der Waals surface area contributed by atoms with E-state index >= 15 is 0 Å². The van der Waals surface area contributed by atoms with Crippen LogP contribution in [0.2, 0.25) is 18.1 Å². The van der Waals surface area contributed by atoms with Gasteiger partial charge in [-0.2, -0.15) is 5.10 Å². The fourth-order valence-electron chi connectivity index (χ4n) is 4.14. The van der Waals surface area contributed by atoms with Crippen LogP contribution in [0.4, 0.5) is 0 Å². The van der Waals surface area contributed by atoms with Gasteiger partial charge < -0.3 is 14.9 Å². The van der Waals surface area contributed by atoms with Crippen molar-refractivity contribution in [2.45, 2.75) is 84.7 Å². The van der Waals surface area contributed by atoms with E-state index in [1.165, 1.54) is 0 Å². The fourth-order valence-corrected chi connectivity index (χ4v) is 5.08. The van der Waals surface area contributed by atoms with Crippen LogP contribution < -0.4 is 10.5 Å². The summed E-state index contributed by atoms with van der Waals surface area (Å²) in [6, 6.07) is 16.0. The topological polar surface area (TPSA) is 105 Å². The molecule has 0 saturated heterocycles. The van der Waals surface area contributed by atoms with Gasteiger partial charge in [-0.25, -0.2) is 9.67 Å². The lowest BCUT2D eigenvalue weighted by molar-refractivity contribution is -0.118. The SMILES string of the molecule is CC(C)Oc1cc(-c2cccc(CCCC(N)=O)n2)cc2c1cnn2-c1cccc(CO[Si](C)(C)C(C)(C)C)n1. The molecule has 0 unspecified atom stereocenters. The minimum absolute atomic E-state index is 0.0103. The Morgan fingerprint density at radius 3 is 2.48 bits per heavy atom. The number of hydrogen-bond acceptors (Lipinski definition) is 6. The molecule has 2 N–H and O–H groups in total. The molecule has 0 fully saturated rings. The summed E-state index contributed by atoms with van der Waals surface area (Å²) in [6.07, 6.45) is 3.51. The quantitative estimate of drug-likeness (QED) is 0.208. The molecule has 3 aromatic heterocycles. The number of fused-ring (bicyclic) bond motifs is 1. The summed E-state index contributed by atoms with van der Waals surface area (Å²) in [5, 5.41) is 5.74. The summed E-state index contributed by atoms with van der Waals surface area (Å²) in [7, 11) is -1.91. The number of carbonyl (C=O) groups excluding carboxylic acids is 1. The third-order valence-electron chi connectivity index (χ3n) is 7.37. The average Bonchev–Trinajstić information content (AvgIpc) is 3.31. The second-order valence-corrected chi connectivity index (χ2v) is 16.8. The van der Waals surface area contributed by atoms with Crippen molar-refractivity contribution in [2.24, 2.45) is 5.73 Å². The van der Waals surface area contributed by atoms with Crippen molar-refractivity contribution in [1.29, 1.82) is 0 Å². The molecular formula is C31H41N5O3Si. The van der Waals surface area contributed by atoms with Crippen molar-refractivity contribution in [3.63, 3.8) is 0 Å². The number of amides is 1. The summed E-state index contributed by atoms with van der Waals surface area (Å²) in [4.78, 5) is 20.9. The van der Waals surface area contributed by atoms with Crippen LogP contribution in [0.3, 0.4) is 0 Å². The Morgan fingerprint density at radius 1 is 1.05 bits per heavy atom. The van der Waals surface area contributed by atoms with Crippen molar-refractivity contribution in [3.8, 4) is 22.8 Å². The van der Waals surface area contributed by atoms with E-state index < -0.39 is 8.32 Å². The normalized spacial score (nSPS) is 12.3. The van der Waals surface area contributed by atoms with Gasteiger partial charge in [0.15, 0.2) is 14.1 Å². The number of aryl methyl sites for hydroxylation is 1. The zero-order valence-corrected chi connectivity index (χ0v) is 25.7. The van der Waals surface area contributed by atoms with Gasteiger partial charge in [0.2, 0.25) is 5.91 Å². The van der Waals surface area contributed by atoms with Crippen LogP contribution in [-0.2, 0) is 22.2 Å². The third kappa shape index (κ3) is 6.95. The summed E-state index contributed by atoms with van der Waals surface area (Å²) < 4.78 is 14.5. The minimum Gasteiger partial charge on any atom is -0.490 e. The minimum atomic E-state index is -1.91. The highest BCUT2D eigenvalue weighted by molar-refractivity contribution is 6.74. The van der Waals surface area contributed by atoms with E-state index in [-0.39, 0.29) is 17.0 Å². The predicted molar refractivity (Wildman–Crippen MR) is 162 cm³/mol. The van der Waals surface area contributed by atoms with E-state index in [0.29, 0.717) is 31.7 Å². The van der Waals surface area contributed by atoms with Crippen LogP contribution in [0.1, 0.15) is 58.8 Å². The first-order valence-electron chi connectivity index (χ1n) is 13.9. The van der Waals surface area contributed by atoms with Gasteiger partial charge in [0.05, 0.1) is 41.2 Å². The van der Waals surface area contributed by atoms with Gasteiger partial charge in [-0.15, -0.1) is 0 Å². The van der Waals surface area contributed by atoms with E-state index in [1.54, 1.807) is 0 Å². The molecule has 9 heteroatoms. The Hall–Kier alpha value is -3.56. The van der Waals surface area contributed by atoms with Crippen molar-refractivity contribution in [1.82, 2.24) is 19.7 Å². The molecule has 0 bridgehead atoms. The molecule has 1 aromatic carbocycles. The van der Waals surface area contributed by atoms with E-state index in [0.717, 1.165) is 39.3 Å². The number of pyridine rings is 2. The van der Waals surface area contributed by atoms with Crippen LogP contribution in [0, 0.1) is 0 Å². The van der Waals surface area contributed by atoms with Gasteiger partial charge in [0.1, 0.15) is 5.75 Å². The molecule has 40 heavy (non-hydrogen) atoms. The first kappa shape index (κ1) is 29.4. The maximum atomic E-state index is 11.2. The first-order valence-corrected chi connectivity index (χ1v) is 16.8. The van der Waals surface area contributed by atoms with Crippen LogP contribution in [0.5, 0.6) is 5.75 Å². The van der Waals surface area contributed by atoms with E-state index in [9.17, 15) is 4.79 Å². The first-order chi connectivity index (χ1) is 18.8. The average molecular weight is 560 g/mol. The summed E-state index contributed by atoms with van der Waals surface area (Å²) >= 11 is 0. The van der Waals surface area contributed by atoms with Gasteiger partial charge in [-0.1, -0.05) is 32.9 Å². The number of benzene rings is 1.